The van der Waals surface area contributed by atoms with Crippen LogP contribution in [0.15, 0.2) is 60.5 Å². The van der Waals surface area contributed by atoms with Crippen molar-refractivity contribution < 1.29 is 9.53 Å². The van der Waals surface area contributed by atoms with Gasteiger partial charge in [0.25, 0.3) is 0 Å². The molecule has 8 nitrogen and oxygen atoms in total. The van der Waals surface area contributed by atoms with Gasteiger partial charge in [-0.3, -0.25) is 14.9 Å². The molecule has 1 saturated heterocycles. The number of carbonyl (C=O) groups is 1. The molecule has 2 N–H and O–H groups in total. The number of allylic oxidation sites excluding steroid dienone is 2. The zero-order valence-electron chi connectivity index (χ0n) is 19.7. The van der Waals surface area contributed by atoms with Gasteiger partial charge < -0.3 is 15.0 Å². The molecule has 34 heavy (non-hydrogen) atoms. The molecule has 4 rings (SSSR count). The van der Waals surface area contributed by atoms with Crippen molar-refractivity contribution in [1.82, 2.24) is 25.2 Å². The van der Waals surface area contributed by atoms with E-state index < -0.39 is 0 Å². The number of pyridine rings is 1. The van der Waals surface area contributed by atoms with Crippen molar-refractivity contribution in [3.05, 3.63) is 66.8 Å². The van der Waals surface area contributed by atoms with E-state index in [1.807, 2.05) is 44.2 Å². The van der Waals surface area contributed by atoms with Gasteiger partial charge >= 0.3 is 5.97 Å². The number of hydrogen-bond acceptors (Lipinski definition) is 7. The van der Waals surface area contributed by atoms with E-state index in [0.29, 0.717) is 12.2 Å². The Labute approximate surface area is 199 Å². The highest BCUT2D eigenvalue weighted by atomic mass is 16.5. The van der Waals surface area contributed by atoms with Gasteiger partial charge in [-0.25, -0.2) is 9.78 Å². The SMILES string of the molecule is C=C/C=C(\N=C(C)C)c1[nH]cnc1-c1ccc2ncc(C(=O)OCCN3CCNCC3)cc2c1. The van der Waals surface area contributed by atoms with Crippen molar-refractivity contribution in [2.45, 2.75) is 13.8 Å². The number of aliphatic imine (C=N–C) groups is 1. The fourth-order valence-electron chi connectivity index (χ4n) is 3.91. The van der Waals surface area contributed by atoms with Crippen LogP contribution in [0, 0.1) is 0 Å². The second-order valence-corrected chi connectivity index (χ2v) is 8.33. The third-order valence-corrected chi connectivity index (χ3v) is 5.56. The summed E-state index contributed by atoms with van der Waals surface area (Å²) in [5, 5.41) is 4.16. The van der Waals surface area contributed by atoms with Gasteiger partial charge in [0.15, 0.2) is 0 Å². The number of aromatic nitrogens is 3. The van der Waals surface area contributed by atoms with E-state index in [2.05, 4.69) is 36.7 Å². The molecule has 3 heterocycles. The number of rotatable bonds is 8. The molecule has 2 aromatic heterocycles. The highest BCUT2D eigenvalue weighted by Crippen LogP contribution is 2.29. The number of esters is 1. The molecule has 8 heteroatoms. The van der Waals surface area contributed by atoms with E-state index in [1.54, 1.807) is 18.6 Å². The molecule has 0 bridgehead atoms. The normalized spacial score (nSPS) is 14.7. The molecular formula is C26H30N6O2. The van der Waals surface area contributed by atoms with Crippen LogP contribution in [0.2, 0.25) is 0 Å². The lowest BCUT2D eigenvalue weighted by atomic mass is 10.0. The first-order valence-electron chi connectivity index (χ1n) is 11.4. The molecule has 0 unspecified atom stereocenters. The largest absolute Gasteiger partial charge is 0.461 e. The van der Waals surface area contributed by atoms with Crippen molar-refractivity contribution in [3.8, 4) is 11.3 Å². The van der Waals surface area contributed by atoms with E-state index in [0.717, 1.165) is 72.0 Å². The van der Waals surface area contributed by atoms with Crippen molar-refractivity contribution in [1.29, 1.82) is 0 Å². The Morgan fingerprint density at radius 1 is 1.24 bits per heavy atom. The predicted molar refractivity (Wildman–Crippen MR) is 136 cm³/mol. The topological polar surface area (TPSA) is 95.5 Å². The van der Waals surface area contributed by atoms with Crippen molar-refractivity contribution >= 4 is 28.3 Å². The maximum atomic E-state index is 12.6. The van der Waals surface area contributed by atoms with E-state index in [9.17, 15) is 4.79 Å². The fraction of sp³-hybridized carbons (Fsp3) is 0.308. The molecule has 1 aromatic carbocycles. The molecule has 0 spiro atoms. The second-order valence-electron chi connectivity index (χ2n) is 8.33. The van der Waals surface area contributed by atoms with Gasteiger partial charge in [-0.2, -0.15) is 0 Å². The Kier molecular flexibility index (Phi) is 7.61. The van der Waals surface area contributed by atoms with Crippen LogP contribution >= 0.6 is 0 Å². The van der Waals surface area contributed by atoms with Gasteiger partial charge in [0, 0.05) is 55.6 Å². The van der Waals surface area contributed by atoms with Crippen molar-refractivity contribution in [2.75, 3.05) is 39.3 Å². The van der Waals surface area contributed by atoms with Crippen LogP contribution in [0.3, 0.4) is 0 Å². The van der Waals surface area contributed by atoms with Crippen LogP contribution in [0.4, 0.5) is 0 Å². The third kappa shape index (κ3) is 5.65. The van der Waals surface area contributed by atoms with Crippen LogP contribution in [-0.2, 0) is 4.74 Å². The minimum atomic E-state index is -0.362. The van der Waals surface area contributed by atoms with Gasteiger partial charge in [-0.15, -0.1) is 0 Å². The highest BCUT2D eigenvalue weighted by molar-refractivity contribution is 5.95. The monoisotopic (exact) mass is 458 g/mol. The number of imidazole rings is 1. The molecule has 0 saturated carbocycles. The summed E-state index contributed by atoms with van der Waals surface area (Å²) >= 11 is 0. The van der Waals surface area contributed by atoms with E-state index >= 15 is 0 Å². The molecule has 3 aromatic rings. The number of ether oxygens (including phenoxy) is 1. The van der Waals surface area contributed by atoms with Crippen LogP contribution < -0.4 is 5.32 Å². The first-order chi connectivity index (χ1) is 16.5. The third-order valence-electron chi connectivity index (χ3n) is 5.56. The summed E-state index contributed by atoms with van der Waals surface area (Å²) < 4.78 is 5.51. The first-order valence-corrected chi connectivity index (χ1v) is 11.4. The van der Waals surface area contributed by atoms with Crippen LogP contribution in [0.5, 0.6) is 0 Å². The maximum Gasteiger partial charge on any atom is 0.339 e. The Balaban J connectivity index is 1.55. The quantitative estimate of drug-likeness (QED) is 0.304. The summed E-state index contributed by atoms with van der Waals surface area (Å²) in [7, 11) is 0. The summed E-state index contributed by atoms with van der Waals surface area (Å²) in [6, 6.07) is 7.69. The number of aromatic amines is 1. The Hall–Kier alpha value is -3.62. The van der Waals surface area contributed by atoms with Gasteiger partial charge in [0.05, 0.1) is 34.5 Å². The predicted octanol–water partition coefficient (Wildman–Crippen LogP) is 3.69. The summed E-state index contributed by atoms with van der Waals surface area (Å²) in [5.74, 6) is -0.362. The van der Waals surface area contributed by atoms with Gasteiger partial charge in [-0.1, -0.05) is 18.7 Å². The lowest BCUT2D eigenvalue weighted by molar-refractivity contribution is 0.0455. The van der Waals surface area contributed by atoms with Crippen molar-refractivity contribution in [2.24, 2.45) is 4.99 Å². The molecule has 0 amide bonds. The number of fused-ring (bicyclic) bond motifs is 1. The van der Waals surface area contributed by atoms with Crippen LogP contribution in [0.25, 0.3) is 27.9 Å². The maximum absolute atomic E-state index is 12.6. The molecular weight excluding hydrogens is 428 g/mol. The second kappa shape index (κ2) is 11.0. The Bertz CT molecular complexity index is 1230. The minimum Gasteiger partial charge on any atom is -0.461 e. The molecule has 1 aliphatic rings. The zero-order valence-corrected chi connectivity index (χ0v) is 19.7. The number of nitrogens with zero attached hydrogens (tertiary/aromatic N) is 4. The van der Waals surface area contributed by atoms with Gasteiger partial charge in [-0.05, 0) is 38.1 Å². The fourth-order valence-corrected chi connectivity index (χ4v) is 3.91. The minimum absolute atomic E-state index is 0.362. The number of benzene rings is 1. The van der Waals surface area contributed by atoms with Crippen LogP contribution in [0.1, 0.15) is 29.9 Å². The number of carbonyl (C=O) groups excluding carboxylic acids is 1. The molecule has 1 fully saturated rings. The number of piperazine rings is 1. The summed E-state index contributed by atoms with van der Waals surface area (Å²) in [6.07, 6.45) is 6.77. The first kappa shape index (κ1) is 23.5. The van der Waals surface area contributed by atoms with Crippen LogP contribution in [-0.4, -0.2) is 70.9 Å². The van der Waals surface area contributed by atoms with E-state index in [-0.39, 0.29) is 5.97 Å². The number of nitrogens with one attached hydrogen (secondary N) is 2. The standard InChI is InChI=1S/C26H30N6O2/c1-4-5-23(31-18(2)3)25-24(29-17-30-25)19-6-7-22-20(14-19)15-21(16-28-22)26(33)34-13-12-32-10-8-27-9-11-32/h4-7,14-17,27H,1,8-13H2,2-3H3,(H,29,30)/b23-5-. The molecule has 0 aliphatic carbocycles. The Morgan fingerprint density at radius 3 is 2.82 bits per heavy atom. The molecule has 1 aliphatic heterocycles. The number of H-pyrrole nitrogens is 1. The Morgan fingerprint density at radius 2 is 2.06 bits per heavy atom. The summed E-state index contributed by atoms with van der Waals surface area (Å²) in [6.45, 7) is 12.7. The van der Waals surface area contributed by atoms with Crippen molar-refractivity contribution in [3.63, 3.8) is 0 Å². The van der Waals surface area contributed by atoms with E-state index in [1.165, 1.54) is 0 Å². The molecule has 0 atom stereocenters. The lowest BCUT2D eigenvalue weighted by Gasteiger charge is -2.26. The number of hydrogen-bond donors (Lipinski definition) is 2. The summed E-state index contributed by atoms with van der Waals surface area (Å²) in [4.78, 5) is 31.7. The average Bonchev–Trinajstić information content (AvgIpc) is 3.33. The van der Waals surface area contributed by atoms with Gasteiger partial charge in [0.2, 0.25) is 0 Å². The van der Waals surface area contributed by atoms with Gasteiger partial charge in [0.1, 0.15) is 6.61 Å². The highest BCUT2D eigenvalue weighted by Gasteiger charge is 2.15. The summed E-state index contributed by atoms with van der Waals surface area (Å²) in [5.41, 5.74) is 5.38. The molecule has 0 radical (unpaired) electrons. The lowest BCUT2D eigenvalue weighted by Crippen LogP contribution is -2.44. The zero-order chi connectivity index (χ0) is 23.9. The average molecular weight is 459 g/mol. The molecule has 176 valence electrons. The van der Waals surface area contributed by atoms with E-state index in [4.69, 9.17) is 4.74 Å². The smallest absolute Gasteiger partial charge is 0.339 e.